The standard InChI is InChI=1S/C56H82O8/c1-3-55(57)61-43-21-17-13-9-5-7-11-15-19-41-59-51-37-29-49(30-38-51)45-63-53-33-25-47(26-34-53)23-24-48-27-35-54(36-28-48)64-46-50-31-39-52(40-32-50)60-42-20-16-12-8-6-10-14-18-22-44-62-56(58)4-2/h3-4,25-28,33-36,49-52H,1-2,5-22,29-32,37-46H2. The predicted molar refractivity (Wildman–Crippen MR) is 259 cm³/mol. The molecule has 0 radical (unpaired) electrons. The summed E-state index contributed by atoms with van der Waals surface area (Å²) in [4.78, 5) is 22.1. The summed E-state index contributed by atoms with van der Waals surface area (Å²) in [6, 6.07) is 16.3. The number of ether oxygens (including phenoxy) is 6. The van der Waals surface area contributed by atoms with Gasteiger partial charge in [0.2, 0.25) is 0 Å². The van der Waals surface area contributed by atoms with E-state index in [2.05, 4.69) is 25.0 Å². The molecule has 64 heavy (non-hydrogen) atoms. The van der Waals surface area contributed by atoms with Gasteiger partial charge in [0.15, 0.2) is 0 Å². The number of benzene rings is 2. The van der Waals surface area contributed by atoms with Gasteiger partial charge >= 0.3 is 11.9 Å². The lowest BCUT2D eigenvalue weighted by molar-refractivity contribution is -0.138. The Bertz CT molecular complexity index is 1470. The molecule has 0 amide bonds. The zero-order chi connectivity index (χ0) is 45.1. The Labute approximate surface area is 387 Å². The van der Waals surface area contributed by atoms with Gasteiger partial charge in [0, 0.05) is 36.5 Å². The smallest absolute Gasteiger partial charge is 0.330 e. The Morgan fingerprint density at radius 2 is 0.734 bits per heavy atom. The monoisotopic (exact) mass is 883 g/mol. The summed E-state index contributed by atoms with van der Waals surface area (Å²) in [6.07, 6.45) is 34.1. The van der Waals surface area contributed by atoms with Crippen LogP contribution in [0.3, 0.4) is 0 Å². The molecule has 2 aromatic rings. The molecule has 8 nitrogen and oxygen atoms in total. The summed E-state index contributed by atoms with van der Waals surface area (Å²) in [5.41, 5.74) is 1.95. The van der Waals surface area contributed by atoms with Crippen LogP contribution in [-0.4, -0.2) is 63.8 Å². The zero-order valence-corrected chi connectivity index (χ0v) is 39.4. The van der Waals surface area contributed by atoms with Crippen LogP contribution in [0.5, 0.6) is 11.5 Å². The summed E-state index contributed by atoms with van der Waals surface area (Å²) in [7, 11) is 0. The van der Waals surface area contributed by atoms with Crippen molar-refractivity contribution < 1.29 is 38.0 Å². The maximum absolute atomic E-state index is 11.0. The Morgan fingerprint density at radius 3 is 1.05 bits per heavy atom. The fourth-order valence-electron chi connectivity index (χ4n) is 8.62. The van der Waals surface area contributed by atoms with Gasteiger partial charge in [0.25, 0.3) is 0 Å². The molecule has 2 aliphatic rings. The first-order chi connectivity index (χ1) is 31.5. The summed E-state index contributed by atoms with van der Waals surface area (Å²) in [6.45, 7) is 11.1. The van der Waals surface area contributed by atoms with Crippen LogP contribution in [0, 0.1) is 23.7 Å². The van der Waals surface area contributed by atoms with E-state index in [9.17, 15) is 9.59 Å². The summed E-state index contributed by atoms with van der Waals surface area (Å²) in [5.74, 6) is 8.93. The van der Waals surface area contributed by atoms with Crippen molar-refractivity contribution in [1.29, 1.82) is 0 Å². The van der Waals surface area contributed by atoms with E-state index in [0.717, 1.165) is 139 Å². The maximum atomic E-state index is 11.0. The summed E-state index contributed by atoms with van der Waals surface area (Å²) < 4.78 is 34.9. The fraction of sp³-hybridized carbons (Fsp3) is 0.643. The molecule has 2 aliphatic carbocycles. The van der Waals surface area contributed by atoms with Crippen molar-refractivity contribution in [2.45, 2.75) is 179 Å². The topological polar surface area (TPSA) is 89.5 Å². The Hall–Kier alpha value is -4.06. The van der Waals surface area contributed by atoms with Crippen molar-refractivity contribution in [2.24, 2.45) is 11.8 Å². The molecule has 0 unspecified atom stereocenters. The number of hydrogen-bond donors (Lipinski definition) is 0. The minimum Gasteiger partial charge on any atom is -0.493 e. The van der Waals surface area contributed by atoms with Crippen LogP contribution in [0.15, 0.2) is 73.8 Å². The van der Waals surface area contributed by atoms with Gasteiger partial charge in [-0.1, -0.05) is 115 Å². The van der Waals surface area contributed by atoms with Gasteiger partial charge in [-0.3, -0.25) is 0 Å². The van der Waals surface area contributed by atoms with Crippen molar-refractivity contribution in [3.8, 4) is 23.3 Å². The summed E-state index contributed by atoms with van der Waals surface area (Å²) in [5, 5.41) is 0. The third-order valence-electron chi connectivity index (χ3n) is 12.7. The second-order valence-corrected chi connectivity index (χ2v) is 18.1. The number of rotatable bonds is 34. The molecule has 2 saturated carbocycles. The van der Waals surface area contributed by atoms with Gasteiger partial charge in [0.05, 0.1) is 38.6 Å². The van der Waals surface area contributed by atoms with Crippen LogP contribution in [0.1, 0.15) is 178 Å². The summed E-state index contributed by atoms with van der Waals surface area (Å²) >= 11 is 0. The minimum atomic E-state index is -0.323. The highest BCUT2D eigenvalue weighted by Gasteiger charge is 2.23. The van der Waals surface area contributed by atoms with E-state index in [1.165, 1.54) is 89.2 Å². The second-order valence-electron chi connectivity index (χ2n) is 18.1. The fourth-order valence-corrected chi connectivity index (χ4v) is 8.62. The van der Waals surface area contributed by atoms with Crippen LogP contribution in [0.4, 0.5) is 0 Å². The van der Waals surface area contributed by atoms with E-state index in [4.69, 9.17) is 28.4 Å². The van der Waals surface area contributed by atoms with Gasteiger partial charge in [-0.2, -0.15) is 0 Å². The van der Waals surface area contributed by atoms with Crippen LogP contribution < -0.4 is 9.47 Å². The van der Waals surface area contributed by atoms with Crippen molar-refractivity contribution in [1.82, 2.24) is 0 Å². The molecule has 0 spiro atoms. The lowest BCUT2D eigenvalue weighted by Gasteiger charge is -2.28. The molecule has 0 heterocycles. The molecule has 0 N–H and O–H groups in total. The van der Waals surface area contributed by atoms with Gasteiger partial charge in [-0.25, -0.2) is 9.59 Å². The van der Waals surface area contributed by atoms with Crippen LogP contribution >= 0.6 is 0 Å². The first kappa shape index (κ1) is 52.6. The SMILES string of the molecule is C=CC(=O)OCCCCCCCCCCCOC1CCC(COc2ccc(C#Cc3ccc(OCC4CCC(OCCCCCCCCCCCOC(=O)C=C)CC4)cc3)cc2)CC1. The van der Waals surface area contributed by atoms with Gasteiger partial charge in [-0.05, 0) is 137 Å². The number of esters is 2. The third kappa shape index (κ3) is 24.9. The van der Waals surface area contributed by atoms with E-state index >= 15 is 0 Å². The first-order valence-corrected chi connectivity index (χ1v) is 25.3. The number of carbonyl (C=O) groups excluding carboxylic acids is 2. The van der Waals surface area contributed by atoms with Crippen LogP contribution in [0.25, 0.3) is 0 Å². The van der Waals surface area contributed by atoms with E-state index in [1.807, 2.05) is 48.5 Å². The highest BCUT2D eigenvalue weighted by atomic mass is 16.5. The molecule has 0 bridgehead atoms. The predicted octanol–water partition coefficient (Wildman–Crippen LogP) is 13.5. The molecule has 2 fully saturated rings. The van der Waals surface area contributed by atoms with E-state index in [1.54, 1.807) is 0 Å². The van der Waals surface area contributed by atoms with Crippen LogP contribution in [0.2, 0.25) is 0 Å². The molecule has 8 heteroatoms. The van der Waals surface area contributed by atoms with E-state index < -0.39 is 0 Å². The molecule has 0 aromatic heterocycles. The lowest BCUT2D eigenvalue weighted by atomic mass is 9.88. The molecule has 0 aliphatic heterocycles. The van der Waals surface area contributed by atoms with Crippen molar-refractivity contribution in [2.75, 3.05) is 39.6 Å². The molecular formula is C56H82O8. The highest BCUT2D eigenvalue weighted by molar-refractivity contribution is 5.81. The van der Waals surface area contributed by atoms with Crippen molar-refractivity contribution in [3.05, 3.63) is 85.0 Å². The van der Waals surface area contributed by atoms with E-state index in [-0.39, 0.29) is 11.9 Å². The largest absolute Gasteiger partial charge is 0.493 e. The molecule has 4 rings (SSSR count). The highest BCUT2D eigenvalue weighted by Crippen LogP contribution is 2.29. The molecule has 2 aromatic carbocycles. The average molecular weight is 883 g/mol. The third-order valence-corrected chi connectivity index (χ3v) is 12.7. The molecular weight excluding hydrogens is 801 g/mol. The van der Waals surface area contributed by atoms with Crippen molar-refractivity contribution in [3.63, 3.8) is 0 Å². The maximum Gasteiger partial charge on any atom is 0.330 e. The van der Waals surface area contributed by atoms with Gasteiger partial charge in [-0.15, -0.1) is 0 Å². The Balaban J connectivity index is 0.942. The average Bonchev–Trinajstić information content (AvgIpc) is 3.33. The quantitative estimate of drug-likeness (QED) is 0.0297. The number of unbranched alkanes of at least 4 members (excludes halogenated alkanes) is 16. The second kappa shape index (κ2) is 34.3. The number of carbonyl (C=O) groups is 2. The molecule has 0 saturated heterocycles. The Morgan fingerprint density at radius 1 is 0.438 bits per heavy atom. The normalized spacial score (nSPS) is 18.3. The Kier molecular flexibility index (Phi) is 28.2. The van der Waals surface area contributed by atoms with E-state index in [0.29, 0.717) is 37.3 Å². The zero-order valence-electron chi connectivity index (χ0n) is 39.4. The lowest BCUT2D eigenvalue weighted by Crippen LogP contribution is -2.25. The van der Waals surface area contributed by atoms with Crippen molar-refractivity contribution >= 4 is 11.9 Å². The van der Waals surface area contributed by atoms with Crippen LogP contribution in [-0.2, 0) is 28.5 Å². The molecule has 0 atom stereocenters. The minimum absolute atomic E-state index is 0.323. The molecule has 354 valence electrons. The first-order valence-electron chi connectivity index (χ1n) is 25.3. The number of hydrogen-bond acceptors (Lipinski definition) is 8. The van der Waals surface area contributed by atoms with Gasteiger partial charge in [0.1, 0.15) is 11.5 Å². The van der Waals surface area contributed by atoms with Gasteiger partial charge < -0.3 is 28.4 Å².